The molecule has 10 nitrogen and oxygen atoms in total. The van der Waals surface area contributed by atoms with Crippen LogP contribution in [0.2, 0.25) is 0 Å². The van der Waals surface area contributed by atoms with Crippen molar-refractivity contribution in [2.24, 2.45) is 28.3 Å². The Kier molecular flexibility index (Phi) is 16.2. The van der Waals surface area contributed by atoms with E-state index in [1.54, 1.807) is 16.9 Å². The minimum absolute atomic E-state index is 0.00486. The maximum atomic E-state index is 13.6. The van der Waals surface area contributed by atoms with Crippen LogP contribution in [0.1, 0.15) is 103 Å². The van der Waals surface area contributed by atoms with E-state index >= 15 is 0 Å². The normalized spacial score (nSPS) is 26.0. The Morgan fingerprint density at radius 2 is 1.89 bits per heavy atom. The minimum Gasteiger partial charge on any atom is -0.504 e. The van der Waals surface area contributed by atoms with Crippen LogP contribution in [0, 0.1) is 11.8 Å². The molecule has 1 amide bonds. The van der Waals surface area contributed by atoms with Gasteiger partial charge in [0.15, 0.2) is 17.5 Å². The van der Waals surface area contributed by atoms with Crippen molar-refractivity contribution in [1.82, 2.24) is 4.90 Å². The predicted octanol–water partition coefficient (Wildman–Crippen LogP) is 5.55. The summed E-state index contributed by atoms with van der Waals surface area (Å²) in [4.78, 5) is 32.0. The molecule has 0 radical (unpaired) electrons. The molecule has 2 heterocycles. The second-order valence-electron chi connectivity index (χ2n) is 13.2. The van der Waals surface area contributed by atoms with Gasteiger partial charge in [0, 0.05) is 49.4 Å². The average molecular weight is 681 g/mol. The van der Waals surface area contributed by atoms with E-state index in [4.69, 9.17) is 20.9 Å². The van der Waals surface area contributed by atoms with E-state index in [1.807, 2.05) is 21.8 Å². The summed E-state index contributed by atoms with van der Waals surface area (Å²) in [6, 6.07) is 3.62. The number of fused-ring (bicyclic) bond motifs is 4. The first-order valence-corrected chi connectivity index (χ1v) is 19.3. The lowest BCUT2D eigenvalue weighted by atomic mass is 9.88. The van der Waals surface area contributed by atoms with Crippen molar-refractivity contribution in [2.75, 3.05) is 18.6 Å². The number of rotatable bonds is 6. The number of esters is 1. The number of aliphatic hydroxyl groups excluding tert-OH is 1. The fourth-order valence-electron chi connectivity index (χ4n) is 6.60. The Morgan fingerprint density at radius 3 is 2.59 bits per heavy atom. The summed E-state index contributed by atoms with van der Waals surface area (Å²) in [7, 11) is 5.12. The lowest BCUT2D eigenvalue weighted by Gasteiger charge is -2.30. The fraction of sp³-hybridized carbons (Fsp3) is 0.735. The highest BCUT2D eigenvalue weighted by Crippen LogP contribution is 2.39. The van der Waals surface area contributed by atoms with E-state index in [9.17, 15) is 19.8 Å². The maximum absolute atomic E-state index is 13.6. The van der Waals surface area contributed by atoms with Crippen molar-refractivity contribution < 1.29 is 29.3 Å². The van der Waals surface area contributed by atoms with Crippen LogP contribution in [-0.2, 0) is 27.3 Å². The molecule has 1 aromatic rings. The van der Waals surface area contributed by atoms with Gasteiger partial charge in [0.05, 0.1) is 19.3 Å². The molecule has 0 aromatic heterocycles. The Bertz CT molecular complexity index is 1150. The summed E-state index contributed by atoms with van der Waals surface area (Å²) in [6.07, 6.45) is 8.25. The van der Waals surface area contributed by atoms with E-state index in [0.717, 1.165) is 55.6 Å². The molecule has 5 atom stereocenters. The molecule has 2 aliphatic rings. The molecule has 0 spiro atoms. The number of aryl methyl sites for hydroxylation is 1. The van der Waals surface area contributed by atoms with E-state index < -0.39 is 12.2 Å². The Labute approximate surface area is 283 Å². The number of aromatic hydroxyl groups is 1. The predicted molar refractivity (Wildman–Crippen MR) is 188 cm³/mol. The zero-order chi connectivity index (χ0) is 33.6. The number of methoxy groups -OCH3 is 1. The van der Waals surface area contributed by atoms with Crippen molar-refractivity contribution in [3.63, 3.8) is 0 Å². The van der Waals surface area contributed by atoms with Gasteiger partial charge >= 0.3 is 5.97 Å². The third-order valence-electron chi connectivity index (χ3n) is 8.90. The molecule has 0 aliphatic carbocycles. The van der Waals surface area contributed by atoms with E-state index in [2.05, 4.69) is 18.8 Å². The van der Waals surface area contributed by atoms with Gasteiger partial charge in [-0.25, -0.2) is 4.99 Å². The zero-order valence-electron chi connectivity index (χ0n) is 28.1. The van der Waals surface area contributed by atoms with Crippen LogP contribution >= 0.6 is 21.6 Å². The summed E-state index contributed by atoms with van der Waals surface area (Å²) in [6.45, 7) is 6.03. The topological polar surface area (TPSA) is 161 Å². The van der Waals surface area contributed by atoms with Crippen LogP contribution in [0.3, 0.4) is 0 Å². The highest BCUT2D eigenvalue weighted by molar-refractivity contribution is 8.76. The SMILES string of the molecule is COc1cc2cc(c1O)CN1C(=O)CC(CC(N=C(N)N)CSSCCCCCCC(O)CC(OC(C)=O)CC2)C1CCC(C)C. The van der Waals surface area contributed by atoms with Crippen LogP contribution in [0.25, 0.3) is 0 Å². The molecule has 46 heavy (non-hydrogen) atoms. The monoisotopic (exact) mass is 680 g/mol. The lowest BCUT2D eigenvalue weighted by molar-refractivity contribution is -0.148. The van der Waals surface area contributed by atoms with Crippen molar-refractivity contribution in [1.29, 1.82) is 0 Å². The van der Waals surface area contributed by atoms with Gasteiger partial charge in [0.1, 0.15) is 6.10 Å². The summed E-state index contributed by atoms with van der Waals surface area (Å²) in [5.41, 5.74) is 13.2. The van der Waals surface area contributed by atoms with Crippen LogP contribution in [0.4, 0.5) is 0 Å². The number of amides is 1. The van der Waals surface area contributed by atoms with Crippen molar-refractivity contribution in [2.45, 2.75) is 129 Å². The van der Waals surface area contributed by atoms with Crippen LogP contribution < -0.4 is 16.2 Å². The molecular formula is C34H56N4O6S2. The molecule has 1 aromatic carbocycles. The summed E-state index contributed by atoms with van der Waals surface area (Å²) in [5, 5.41) is 21.9. The number of nitrogens with two attached hydrogens (primary N) is 2. The first-order valence-electron chi connectivity index (χ1n) is 16.8. The highest BCUT2D eigenvalue weighted by Gasteiger charge is 2.40. The van der Waals surface area contributed by atoms with Crippen LogP contribution in [-0.4, -0.2) is 75.9 Å². The molecular weight excluding hydrogens is 625 g/mol. The molecule has 0 saturated carbocycles. The first-order chi connectivity index (χ1) is 22.0. The Hall–Kier alpha value is -2.31. The van der Waals surface area contributed by atoms with Crippen LogP contribution in [0.15, 0.2) is 17.1 Å². The second kappa shape index (κ2) is 19.5. The van der Waals surface area contributed by atoms with E-state index in [-0.39, 0.29) is 48.1 Å². The van der Waals surface area contributed by atoms with Crippen LogP contribution in [0.5, 0.6) is 11.5 Å². The number of phenols is 1. The molecule has 5 unspecified atom stereocenters. The van der Waals surface area contributed by atoms with Gasteiger partial charge in [0.2, 0.25) is 5.91 Å². The molecule has 1 saturated heterocycles. The third-order valence-corrected chi connectivity index (χ3v) is 11.5. The largest absolute Gasteiger partial charge is 0.504 e. The standard InChI is InChI=1S/C34H56N4O6S2/c1-22(2)10-13-30-25-17-27(37-34(35)36)21-46-45-14-8-6-5-7-9-28(40)19-29(44-23(3)39)12-11-24-15-26(20-38(30)32(41)18-25)33(42)31(16-24)43-4/h15-16,22,25,27-30,40,42H,5-14,17-21H2,1-4H3,(H4,35,36,37). The molecule has 4 bridgehead atoms. The summed E-state index contributed by atoms with van der Waals surface area (Å²) in [5.74, 6) is 2.48. The third kappa shape index (κ3) is 12.7. The molecule has 2 aliphatic heterocycles. The fourth-order valence-corrected chi connectivity index (χ4v) is 8.97. The van der Waals surface area contributed by atoms with E-state index in [0.29, 0.717) is 55.8 Å². The maximum Gasteiger partial charge on any atom is 0.302 e. The molecule has 260 valence electrons. The molecule has 6 N–H and O–H groups in total. The highest BCUT2D eigenvalue weighted by atomic mass is 33.1. The van der Waals surface area contributed by atoms with Gasteiger partial charge < -0.3 is 36.1 Å². The van der Waals surface area contributed by atoms with Crippen molar-refractivity contribution in [3.8, 4) is 11.5 Å². The Morgan fingerprint density at radius 1 is 1.13 bits per heavy atom. The number of nitrogens with zero attached hydrogens (tertiary/aromatic N) is 2. The quantitative estimate of drug-likeness (QED) is 0.130. The first kappa shape index (κ1) is 38.1. The lowest BCUT2D eigenvalue weighted by Crippen LogP contribution is -2.36. The zero-order valence-corrected chi connectivity index (χ0v) is 29.8. The number of benzene rings is 1. The van der Waals surface area contributed by atoms with Gasteiger partial charge in [-0.3, -0.25) is 9.59 Å². The van der Waals surface area contributed by atoms with Gasteiger partial charge in [0.25, 0.3) is 0 Å². The summed E-state index contributed by atoms with van der Waals surface area (Å²) < 4.78 is 11.2. The van der Waals surface area contributed by atoms with Gasteiger partial charge in [-0.05, 0) is 68.4 Å². The Balaban J connectivity index is 1.93. The number of aliphatic hydroxyl groups is 1. The second-order valence-corrected chi connectivity index (χ2v) is 15.9. The smallest absolute Gasteiger partial charge is 0.302 e. The number of guanidine groups is 1. The molecule has 12 heteroatoms. The van der Waals surface area contributed by atoms with Crippen molar-refractivity contribution in [3.05, 3.63) is 23.3 Å². The number of carbonyl (C=O) groups is 2. The average Bonchev–Trinajstić information content (AvgIpc) is 3.26. The molecule has 3 rings (SSSR count). The number of hydrogen-bond acceptors (Lipinski definition) is 9. The van der Waals surface area contributed by atoms with Gasteiger partial charge in [-0.1, -0.05) is 60.8 Å². The van der Waals surface area contributed by atoms with Gasteiger partial charge in [-0.15, -0.1) is 0 Å². The molecule has 1 fully saturated rings. The number of phenolic OH excluding ortho intramolecular Hbond substituents is 1. The number of carbonyl (C=O) groups excluding carboxylic acids is 2. The number of ether oxygens (including phenoxy) is 2. The number of hydrogen-bond donors (Lipinski definition) is 4. The number of aliphatic imine (C=N–C) groups is 1. The van der Waals surface area contributed by atoms with E-state index in [1.165, 1.54) is 14.0 Å². The van der Waals surface area contributed by atoms with Gasteiger partial charge in [-0.2, -0.15) is 0 Å². The van der Waals surface area contributed by atoms with Crippen molar-refractivity contribution >= 4 is 39.4 Å². The summed E-state index contributed by atoms with van der Waals surface area (Å²) >= 11 is 0. The minimum atomic E-state index is -0.551.